The SMILES string of the molecule is CNC(C)CNC(=O)c1cncc(-c2ccc(Cl)cc2)c1.Cl.Cl. The highest BCUT2D eigenvalue weighted by atomic mass is 35.5. The van der Waals surface area contributed by atoms with E-state index in [1.54, 1.807) is 12.4 Å². The number of nitrogens with zero attached hydrogens (tertiary/aromatic N) is 1. The van der Waals surface area contributed by atoms with E-state index in [1.165, 1.54) is 0 Å². The first-order chi connectivity index (χ1) is 10.1. The minimum Gasteiger partial charge on any atom is -0.350 e. The van der Waals surface area contributed by atoms with Gasteiger partial charge in [-0.15, -0.1) is 24.8 Å². The number of likely N-dealkylation sites (N-methyl/N-ethyl adjacent to an activating group) is 1. The average Bonchev–Trinajstić information content (AvgIpc) is 2.53. The van der Waals surface area contributed by atoms with Crippen molar-refractivity contribution >= 4 is 42.3 Å². The number of hydrogen-bond acceptors (Lipinski definition) is 3. The van der Waals surface area contributed by atoms with Crippen LogP contribution in [0.4, 0.5) is 0 Å². The monoisotopic (exact) mass is 375 g/mol. The summed E-state index contributed by atoms with van der Waals surface area (Å²) in [5, 5.41) is 6.63. The van der Waals surface area contributed by atoms with Crippen LogP contribution in [-0.4, -0.2) is 30.5 Å². The van der Waals surface area contributed by atoms with Crippen LogP contribution in [-0.2, 0) is 0 Å². The van der Waals surface area contributed by atoms with Gasteiger partial charge in [0.25, 0.3) is 5.91 Å². The molecule has 2 N–H and O–H groups in total. The van der Waals surface area contributed by atoms with Crippen LogP contribution in [0.2, 0.25) is 5.02 Å². The number of pyridine rings is 1. The van der Waals surface area contributed by atoms with Crippen molar-refractivity contribution in [1.29, 1.82) is 0 Å². The van der Waals surface area contributed by atoms with Crippen molar-refractivity contribution < 1.29 is 4.79 Å². The molecule has 1 atom stereocenters. The first-order valence-corrected chi connectivity index (χ1v) is 7.14. The van der Waals surface area contributed by atoms with Crippen LogP contribution >= 0.6 is 36.4 Å². The van der Waals surface area contributed by atoms with Crippen LogP contribution in [0.25, 0.3) is 11.1 Å². The van der Waals surface area contributed by atoms with E-state index >= 15 is 0 Å². The Morgan fingerprint density at radius 3 is 2.43 bits per heavy atom. The lowest BCUT2D eigenvalue weighted by Gasteiger charge is -2.11. The van der Waals surface area contributed by atoms with E-state index in [4.69, 9.17) is 11.6 Å². The number of amides is 1. The van der Waals surface area contributed by atoms with Crippen molar-refractivity contribution in [3.8, 4) is 11.1 Å². The van der Waals surface area contributed by atoms with Gasteiger partial charge in [-0.1, -0.05) is 23.7 Å². The molecular weight excluding hydrogens is 357 g/mol. The van der Waals surface area contributed by atoms with Gasteiger partial charge >= 0.3 is 0 Å². The number of rotatable bonds is 5. The summed E-state index contributed by atoms with van der Waals surface area (Å²) in [5.41, 5.74) is 2.41. The molecule has 4 nitrogen and oxygen atoms in total. The number of carbonyl (C=O) groups excluding carboxylic acids is 1. The molecule has 1 aromatic heterocycles. The zero-order chi connectivity index (χ0) is 15.2. The predicted octanol–water partition coefficient (Wildman–Crippen LogP) is 3.58. The van der Waals surface area contributed by atoms with Gasteiger partial charge in [0.2, 0.25) is 0 Å². The average molecular weight is 377 g/mol. The van der Waals surface area contributed by atoms with E-state index in [0.29, 0.717) is 17.1 Å². The second-order valence-electron chi connectivity index (χ2n) is 4.87. The lowest BCUT2D eigenvalue weighted by Crippen LogP contribution is -2.37. The van der Waals surface area contributed by atoms with E-state index in [9.17, 15) is 4.79 Å². The maximum absolute atomic E-state index is 12.1. The van der Waals surface area contributed by atoms with E-state index in [0.717, 1.165) is 11.1 Å². The highest BCUT2D eigenvalue weighted by Crippen LogP contribution is 2.21. The third-order valence-corrected chi connectivity index (χ3v) is 3.49. The molecule has 0 saturated heterocycles. The number of aromatic nitrogens is 1. The molecule has 1 aromatic carbocycles. The fraction of sp³-hybridized carbons (Fsp3) is 0.250. The third kappa shape index (κ3) is 6.36. The van der Waals surface area contributed by atoms with Gasteiger partial charge in [0, 0.05) is 35.6 Å². The Kier molecular flexibility index (Phi) is 9.84. The summed E-state index contributed by atoms with van der Waals surface area (Å²) < 4.78 is 0. The Balaban J connectivity index is 0.00000242. The molecule has 1 heterocycles. The summed E-state index contributed by atoms with van der Waals surface area (Å²) >= 11 is 5.88. The van der Waals surface area contributed by atoms with Gasteiger partial charge in [-0.05, 0) is 37.7 Å². The topological polar surface area (TPSA) is 54.0 Å². The summed E-state index contributed by atoms with van der Waals surface area (Å²) in [6.45, 7) is 2.57. The molecule has 7 heteroatoms. The quantitative estimate of drug-likeness (QED) is 0.838. The Morgan fingerprint density at radius 1 is 1.17 bits per heavy atom. The molecule has 2 aromatic rings. The molecule has 23 heavy (non-hydrogen) atoms. The van der Waals surface area contributed by atoms with Crippen LogP contribution < -0.4 is 10.6 Å². The lowest BCUT2D eigenvalue weighted by atomic mass is 10.1. The fourth-order valence-corrected chi connectivity index (χ4v) is 1.94. The van der Waals surface area contributed by atoms with Gasteiger partial charge in [-0.3, -0.25) is 9.78 Å². The molecule has 0 aliphatic carbocycles. The Bertz CT molecular complexity index is 620. The minimum absolute atomic E-state index is 0. The van der Waals surface area contributed by atoms with Crippen molar-refractivity contribution in [1.82, 2.24) is 15.6 Å². The van der Waals surface area contributed by atoms with Gasteiger partial charge in [0.1, 0.15) is 0 Å². The van der Waals surface area contributed by atoms with Gasteiger partial charge in [-0.2, -0.15) is 0 Å². The van der Waals surface area contributed by atoms with Crippen LogP contribution in [0, 0.1) is 0 Å². The highest BCUT2D eigenvalue weighted by molar-refractivity contribution is 6.30. The van der Waals surface area contributed by atoms with Gasteiger partial charge in [0.15, 0.2) is 0 Å². The largest absolute Gasteiger partial charge is 0.350 e. The van der Waals surface area contributed by atoms with Crippen molar-refractivity contribution in [2.45, 2.75) is 13.0 Å². The van der Waals surface area contributed by atoms with Gasteiger partial charge < -0.3 is 10.6 Å². The molecule has 2 rings (SSSR count). The van der Waals surface area contributed by atoms with Gasteiger partial charge in [-0.25, -0.2) is 0 Å². The molecule has 0 aliphatic heterocycles. The maximum Gasteiger partial charge on any atom is 0.252 e. The summed E-state index contributed by atoms with van der Waals surface area (Å²) in [6, 6.07) is 9.50. The molecular formula is C16H20Cl3N3O. The summed E-state index contributed by atoms with van der Waals surface area (Å²) in [7, 11) is 1.86. The van der Waals surface area contributed by atoms with E-state index in [2.05, 4.69) is 15.6 Å². The molecule has 0 bridgehead atoms. The Hall–Kier alpha value is -1.33. The number of benzene rings is 1. The van der Waals surface area contributed by atoms with Crippen molar-refractivity contribution in [2.75, 3.05) is 13.6 Å². The van der Waals surface area contributed by atoms with Crippen LogP contribution in [0.3, 0.4) is 0 Å². The molecule has 0 aliphatic rings. The molecule has 1 unspecified atom stereocenters. The van der Waals surface area contributed by atoms with Crippen LogP contribution in [0.5, 0.6) is 0 Å². The van der Waals surface area contributed by atoms with Crippen molar-refractivity contribution in [3.05, 3.63) is 53.3 Å². The first kappa shape index (κ1) is 21.7. The van der Waals surface area contributed by atoms with E-state index in [1.807, 2.05) is 44.3 Å². The predicted molar refractivity (Wildman–Crippen MR) is 100 cm³/mol. The number of hydrogen-bond donors (Lipinski definition) is 2. The minimum atomic E-state index is -0.125. The molecule has 1 amide bonds. The molecule has 0 spiro atoms. The second-order valence-corrected chi connectivity index (χ2v) is 5.31. The highest BCUT2D eigenvalue weighted by Gasteiger charge is 2.09. The zero-order valence-corrected chi connectivity index (χ0v) is 15.3. The van der Waals surface area contributed by atoms with Crippen LogP contribution in [0.15, 0.2) is 42.7 Å². The second kappa shape index (κ2) is 10.4. The van der Waals surface area contributed by atoms with E-state index in [-0.39, 0.29) is 36.8 Å². The number of carbonyl (C=O) groups is 1. The summed E-state index contributed by atoms with van der Waals surface area (Å²) in [5.74, 6) is -0.125. The molecule has 0 radical (unpaired) electrons. The van der Waals surface area contributed by atoms with E-state index < -0.39 is 0 Å². The standard InChI is InChI=1S/C16H18ClN3O.2ClH/c1-11(18-2)8-20-16(21)14-7-13(9-19-10-14)12-3-5-15(17)6-4-12;;/h3-7,9-11,18H,8H2,1-2H3,(H,20,21);2*1H. The first-order valence-electron chi connectivity index (χ1n) is 6.76. The molecule has 0 fully saturated rings. The Morgan fingerprint density at radius 2 is 1.83 bits per heavy atom. The molecule has 126 valence electrons. The van der Waals surface area contributed by atoms with Crippen LogP contribution in [0.1, 0.15) is 17.3 Å². The summed E-state index contributed by atoms with van der Waals surface area (Å²) in [4.78, 5) is 16.2. The smallest absolute Gasteiger partial charge is 0.252 e. The lowest BCUT2D eigenvalue weighted by molar-refractivity contribution is 0.0950. The number of halogens is 3. The molecule has 0 saturated carbocycles. The fourth-order valence-electron chi connectivity index (χ4n) is 1.81. The van der Waals surface area contributed by atoms with Crippen molar-refractivity contribution in [3.63, 3.8) is 0 Å². The maximum atomic E-state index is 12.1. The Labute approximate surface area is 153 Å². The van der Waals surface area contributed by atoms with Crippen molar-refractivity contribution in [2.24, 2.45) is 0 Å². The third-order valence-electron chi connectivity index (χ3n) is 3.24. The van der Waals surface area contributed by atoms with Gasteiger partial charge in [0.05, 0.1) is 5.56 Å². The zero-order valence-electron chi connectivity index (χ0n) is 12.9. The summed E-state index contributed by atoms with van der Waals surface area (Å²) in [6.07, 6.45) is 3.30. The normalized spacial score (nSPS) is 10.9. The number of nitrogens with one attached hydrogen (secondary N) is 2.